The van der Waals surface area contributed by atoms with Crippen molar-refractivity contribution < 1.29 is 54.7 Å². The summed E-state index contributed by atoms with van der Waals surface area (Å²) in [6, 6.07) is 0. The smallest absolute Gasteiger partial charge is 1.00 e. The van der Waals surface area contributed by atoms with Crippen molar-refractivity contribution in [2.75, 3.05) is 6.61 Å². The molecule has 0 saturated carbocycles. The number of hydrogen-bond donors (Lipinski definition) is 0. The molecule has 1 unspecified atom stereocenters. The number of allylic oxidation sites excluding steroid dienone is 5. The molecule has 109 valence electrons. The second-order valence-corrected chi connectivity index (χ2v) is 5.66. The predicted octanol–water partition coefficient (Wildman–Crippen LogP) is -2.24. The Hall–Kier alpha value is 0.0143. The molecule has 20 heavy (non-hydrogen) atoms. The van der Waals surface area contributed by atoms with E-state index < -0.39 is 5.79 Å². The van der Waals surface area contributed by atoms with Crippen molar-refractivity contribution in [3.63, 3.8) is 0 Å². The molecule has 0 spiro atoms. The van der Waals surface area contributed by atoms with E-state index in [-0.39, 0.29) is 24.8 Å². The third-order valence-electron chi connectivity index (χ3n) is 3.28. The van der Waals surface area contributed by atoms with E-state index in [1.54, 1.807) is 0 Å². The third kappa shape index (κ3) is 4.25. The Kier molecular flexibility index (Phi) is 8.46. The monoisotopic (exact) mass is 349 g/mol. The van der Waals surface area contributed by atoms with Crippen LogP contribution < -0.4 is 24.8 Å². The zero-order valence-electron chi connectivity index (χ0n) is 12.0. The molecule has 2 nitrogen and oxygen atoms in total. The molecule has 0 amide bonds. The van der Waals surface area contributed by atoms with Gasteiger partial charge in [-0.3, -0.25) is 0 Å². The Balaban J connectivity index is 0.00000180. The molecular weight excluding hydrogens is 331 g/mol. The Morgan fingerprint density at radius 3 is 2.50 bits per heavy atom. The molecule has 2 rings (SSSR count). The van der Waals surface area contributed by atoms with Gasteiger partial charge in [-0.2, -0.15) is 0 Å². The molecule has 0 aromatic carbocycles. The maximum Gasteiger partial charge on any atom is -1.00 e. The van der Waals surface area contributed by atoms with Gasteiger partial charge >= 0.3 is 121 Å². The van der Waals surface area contributed by atoms with Crippen LogP contribution in [0.1, 0.15) is 33.6 Å². The predicted molar refractivity (Wildman–Crippen MR) is 68.4 cm³/mol. The molecule has 0 fully saturated rings. The largest absolute Gasteiger partial charge is 1.00 e. The molecule has 0 aromatic rings. The maximum absolute atomic E-state index is 6.21. The van der Waals surface area contributed by atoms with Crippen molar-refractivity contribution in [1.29, 1.82) is 0 Å². The first-order valence-electron chi connectivity index (χ1n) is 6.37. The SMILES string of the molecule is CCOC1(OC2=[C]([Ti+2])CC=C2)CC=C(C)C=C1C.[Cl-].[Cl-]. The van der Waals surface area contributed by atoms with Gasteiger partial charge in [-0.15, -0.1) is 0 Å². The van der Waals surface area contributed by atoms with E-state index in [0.717, 1.165) is 24.2 Å². The van der Waals surface area contributed by atoms with E-state index in [4.69, 9.17) is 9.47 Å². The van der Waals surface area contributed by atoms with Crippen LogP contribution in [-0.2, 0) is 29.9 Å². The average molecular weight is 350 g/mol. The van der Waals surface area contributed by atoms with Gasteiger partial charge in [-0.1, -0.05) is 0 Å². The quantitative estimate of drug-likeness (QED) is 0.422. The zero-order chi connectivity index (χ0) is 13.2. The van der Waals surface area contributed by atoms with E-state index >= 15 is 0 Å². The van der Waals surface area contributed by atoms with Crippen molar-refractivity contribution in [3.05, 3.63) is 45.1 Å². The Labute approximate surface area is 145 Å². The molecule has 0 N–H and O–H groups in total. The summed E-state index contributed by atoms with van der Waals surface area (Å²) in [4.78, 5) is 0. The molecule has 1 atom stereocenters. The molecule has 5 heteroatoms. The number of ether oxygens (including phenoxy) is 2. The fourth-order valence-corrected chi connectivity index (χ4v) is 2.68. The average Bonchev–Trinajstić information content (AvgIpc) is 2.71. The molecule has 0 radical (unpaired) electrons. The summed E-state index contributed by atoms with van der Waals surface area (Å²) in [7, 11) is 0. The van der Waals surface area contributed by atoms with Gasteiger partial charge in [0.15, 0.2) is 0 Å². The van der Waals surface area contributed by atoms with Crippen LogP contribution in [0, 0.1) is 0 Å². The summed E-state index contributed by atoms with van der Waals surface area (Å²) in [5, 5.41) is 0. The normalized spacial score (nSPS) is 24.6. The third-order valence-corrected chi connectivity index (χ3v) is 3.98. The second-order valence-electron chi connectivity index (χ2n) is 4.72. The van der Waals surface area contributed by atoms with Crippen LogP contribution in [0.25, 0.3) is 0 Å². The Morgan fingerprint density at radius 2 is 2.00 bits per heavy atom. The van der Waals surface area contributed by atoms with E-state index in [1.165, 1.54) is 9.45 Å². The van der Waals surface area contributed by atoms with Crippen molar-refractivity contribution in [2.24, 2.45) is 0 Å². The van der Waals surface area contributed by atoms with Crippen LogP contribution in [-0.4, -0.2) is 12.4 Å². The summed E-state index contributed by atoms with van der Waals surface area (Å²) in [5.74, 6) is 0.351. The van der Waals surface area contributed by atoms with Crippen LogP contribution in [0.15, 0.2) is 45.1 Å². The van der Waals surface area contributed by atoms with Crippen LogP contribution in [0.3, 0.4) is 0 Å². The van der Waals surface area contributed by atoms with E-state index in [2.05, 4.69) is 58.6 Å². The van der Waals surface area contributed by atoms with Crippen LogP contribution in [0.2, 0.25) is 0 Å². The molecule has 2 aliphatic carbocycles. The van der Waals surface area contributed by atoms with Crippen molar-refractivity contribution >= 4 is 0 Å². The number of halogens is 2. The zero-order valence-corrected chi connectivity index (χ0v) is 15.1. The van der Waals surface area contributed by atoms with Crippen LogP contribution in [0.4, 0.5) is 0 Å². The van der Waals surface area contributed by atoms with E-state index in [0.29, 0.717) is 6.61 Å². The van der Waals surface area contributed by atoms with Gasteiger partial charge in [0.25, 0.3) is 0 Å². The molecule has 2 aliphatic rings. The van der Waals surface area contributed by atoms with Crippen molar-refractivity contribution in [2.45, 2.75) is 39.4 Å². The standard InChI is InChI=1S/C15H19O2.2ClH.Ti/c1-4-16-15(17-14-7-5-6-8-14)10-9-12(2)11-13(15)3;;;/h5,7,9,11H,4,6,10H2,1-3H3;2*1H;/q;;;+2/p-2. The Bertz CT molecular complexity index is 466. The topological polar surface area (TPSA) is 18.5 Å². The molecule has 0 saturated heterocycles. The summed E-state index contributed by atoms with van der Waals surface area (Å²) in [5.41, 5.74) is 2.42. The molecular formula is C15H19Cl2O2Ti. The van der Waals surface area contributed by atoms with Gasteiger partial charge in [0.2, 0.25) is 0 Å². The fraction of sp³-hybridized carbons (Fsp3) is 0.467. The number of hydrogen-bond acceptors (Lipinski definition) is 2. The minimum Gasteiger partial charge on any atom is -1.00 e. The van der Waals surface area contributed by atoms with Gasteiger partial charge in [-0.05, 0) is 0 Å². The van der Waals surface area contributed by atoms with Gasteiger partial charge in [0.1, 0.15) is 0 Å². The summed E-state index contributed by atoms with van der Waals surface area (Å²) < 4.78 is 13.4. The first-order valence-corrected chi connectivity index (χ1v) is 7.15. The van der Waals surface area contributed by atoms with E-state index in [1.807, 2.05) is 6.92 Å². The molecule has 0 aliphatic heterocycles. The second kappa shape index (κ2) is 8.46. The first-order chi connectivity index (χ1) is 8.57. The fourth-order valence-electron chi connectivity index (χ4n) is 2.28. The van der Waals surface area contributed by atoms with Crippen molar-refractivity contribution in [3.8, 4) is 0 Å². The van der Waals surface area contributed by atoms with Crippen LogP contribution in [0.5, 0.6) is 0 Å². The van der Waals surface area contributed by atoms with Gasteiger partial charge in [0.05, 0.1) is 0 Å². The molecule has 0 bridgehead atoms. The van der Waals surface area contributed by atoms with Gasteiger partial charge in [0, 0.05) is 0 Å². The van der Waals surface area contributed by atoms with Crippen molar-refractivity contribution in [1.82, 2.24) is 0 Å². The van der Waals surface area contributed by atoms with E-state index in [9.17, 15) is 0 Å². The van der Waals surface area contributed by atoms with Gasteiger partial charge < -0.3 is 24.8 Å². The molecule has 0 aromatic heterocycles. The summed E-state index contributed by atoms with van der Waals surface area (Å²) in [6.45, 7) is 6.85. The van der Waals surface area contributed by atoms with Gasteiger partial charge in [-0.25, -0.2) is 0 Å². The minimum atomic E-state index is -0.612. The molecule has 0 heterocycles. The maximum atomic E-state index is 6.21. The number of rotatable bonds is 4. The first kappa shape index (κ1) is 20.0. The minimum absolute atomic E-state index is 0. The summed E-state index contributed by atoms with van der Waals surface area (Å²) in [6.07, 6.45) is 10.3. The Morgan fingerprint density at radius 1 is 1.30 bits per heavy atom. The summed E-state index contributed by atoms with van der Waals surface area (Å²) >= 11 is 2.11. The van der Waals surface area contributed by atoms with Crippen LogP contribution >= 0.6 is 0 Å².